The molecule has 3 aromatic carbocycles. The molecule has 3 rings (SSSR count). The Labute approximate surface area is 159 Å². The Morgan fingerprint density at radius 2 is 1.48 bits per heavy atom. The highest BCUT2D eigenvalue weighted by Gasteiger charge is 2.12. The van der Waals surface area contributed by atoms with E-state index in [0.29, 0.717) is 25.1 Å². The van der Waals surface area contributed by atoms with Crippen molar-refractivity contribution < 1.29 is 9.18 Å². The molecule has 27 heavy (non-hydrogen) atoms. The van der Waals surface area contributed by atoms with E-state index >= 15 is 0 Å². The van der Waals surface area contributed by atoms with Crippen molar-refractivity contribution in [3.8, 4) is 0 Å². The number of carbonyl (C=O) groups excluding carboxylic acids is 1. The number of amides is 1. The number of rotatable bonds is 8. The molecule has 3 nitrogen and oxygen atoms in total. The maximum Gasteiger partial charge on any atom is 0.239 e. The second-order valence-corrected chi connectivity index (χ2v) is 6.37. The zero-order valence-electron chi connectivity index (χ0n) is 15.1. The van der Waals surface area contributed by atoms with Crippen LogP contribution in [-0.4, -0.2) is 19.0 Å². The molecule has 0 aliphatic carbocycles. The first-order valence-corrected chi connectivity index (χ1v) is 9.06. The zero-order chi connectivity index (χ0) is 18.9. The van der Waals surface area contributed by atoms with Crippen molar-refractivity contribution in [3.05, 3.63) is 102 Å². The summed E-state index contributed by atoms with van der Waals surface area (Å²) < 4.78 is 13.7. The van der Waals surface area contributed by atoms with Gasteiger partial charge < -0.3 is 10.2 Å². The minimum atomic E-state index is -0.235. The number of nitrogens with one attached hydrogen (secondary N) is 1. The molecule has 0 unspecified atom stereocenters. The summed E-state index contributed by atoms with van der Waals surface area (Å²) in [7, 11) is 0. The molecule has 0 saturated carbocycles. The molecule has 4 heteroatoms. The largest absolute Gasteiger partial charge is 0.358 e. The highest BCUT2D eigenvalue weighted by molar-refractivity contribution is 5.81. The monoisotopic (exact) mass is 362 g/mol. The van der Waals surface area contributed by atoms with E-state index in [0.717, 1.165) is 11.3 Å². The Morgan fingerprint density at radius 1 is 0.852 bits per heavy atom. The molecule has 0 aliphatic heterocycles. The van der Waals surface area contributed by atoms with Gasteiger partial charge in [-0.05, 0) is 35.7 Å². The van der Waals surface area contributed by atoms with E-state index in [1.54, 1.807) is 18.2 Å². The molecular weight excluding hydrogens is 339 g/mol. The first-order valence-electron chi connectivity index (χ1n) is 9.06. The van der Waals surface area contributed by atoms with Crippen molar-refractivity contribution in [2.45, 2.75) is 13.0 Å². The quantitative estimate of drug-likeness (QED) is 0.652. The van der Waals surface area contributed by atoms with Crippen LogP contribution in [0.4, 0.5) is 10.1 Å². The van der Waals surface area contributed by atoms with E-state index in [-0.39, 0.29) is 18.3 Å². The lowest BCUT2D eigenvalue weighted by Crippen LogP contribution is -2.37. The molecule has 0 spiro atoms. The number of halogens is 1. The van der Waals surface area contributed by atoms with E-state index in [1.165, 1.54) is 6.07 Å². The maximum atomic E-state index is 13.7. The number of para-hydroxylation sites is 1. The van der Waals surface area contributed by atoms with Crippen LogP contribution < -0.4 is 10.2 Å². The standard InChI is InChI=1S/C23H23FN2O/c24-22-14-8-7-11-20(22)15-16-25-23(27)18-26(21-12-5-2-6-13-21)17-19-9-3-1-4-10-19/h1-14H,15-18H2,(H,25,27). The highest BCUT2D eigenvalue weighted by atomic mass is 19.1. The zero-order valence-corrected chi connectivity index (χ0v) is 15.1. The predicted octanol–water partition coefficient (Wildman–Crippen LogP) is 4.19. The Kier molecular flexibility index (Phi) is 6.58. The fourth-order valence-electron chi connectivity index (χ4n) is 2.95. The van der Waals surface area contributed by atoms with Gasteiger partial charge in [0.25, 0.3) is 0 Å². The lowest BCUT2D eigenvalue weighted by atomic mass is 10.1. The lowest BCUT2D eigenvalue weighted by Gasteiger charge is -2.24. The molecule has 3 aromatic rings. The van der Waals surface area contributed by atoms with Crippen LogP contribution in [0.15, 0.2) is 84.9 Å². The first kappa shape index (κ1) is 18.6. The van der Waals surface area contributed by atoms with Gasteiger partial charge in [0, 0.05) is 18.8 Å². The summed E-state index contributed by atoms with van der Waals surface area (Å²) in [6, 6.07) is 26.6. The van der Waals surface area contributed by atoms with Crippen molar-refractivity contribution in [1.29, 1.82) is 0 Å². The molecule has 0 aliphatic rings. The Hall–Kier alpha value is -3.14. The van der Waals surface area contributed by atoms with Gasteiger partial charge in [-0.15, -0.1) is 0 Å². The summed E-state index contributed by atoms with van der Waals surface area (Å²) in [4.78, 5) is 14.5. The average Bonchev–Trinajstić information content (AvgIpc) is 2.70. The van der Waals surface area contributed by atoms with Crippen LogP contribution in [0.3, 0.4) is 0 Å². The topological polar surface area (TPSA) is 32.3 Å². The summed E-state index contributed by atoms with van der Waals surface area (Å²) in [5, 5.41) is 2.90. The van der Waals surface area contributed by atoms with Crippen molar-refractivity contribution in [1.82, 2.24) is 5.32 Å². The van der Waals surface area contributed by atoms with Crippen molar-refractivity contribution in [3.63, 3.8) is 0 Å². The average molecular weight is 362 g/mol. The second-order valence-electron chi connectivity index (χ2n) is 6.37. The van der Waals surface area contributed by atoms with Crippen LogP contribution in [0, 0.1) is 5.82 Å². The second kappa shape index (κ2) is 9.53. The lowest BCUT2D eigenvalue weighted by molar-refractivity contribution is -0.119. The Bertz CT molecular complexity index is 853. The van der Waals surface area contributed by atoms with Crippen molar-refractivity contribution in [2.75, 3.05) is 18.0 Å². The molecule has 0 aromatic heterocycles. The molecule has 0 atom stereocenters. The van der Waals surface area contributed by atoms with Crippen LogP contribution >= 0.6 is 0 Å². The van der Waals surface area contributed by atoms with E-state index in [9.17, 15) is 9.18 Å². The Morgan fingerprint density at radius 3 is 2.19 bits per heavy atom. The van der Waals surface area contributed by atoms with Crippen LogP contribution in [0.5, 0.6) is 0 Å². The minimum Gasteiger partial charge on any atom is -0.358 e. The normalized spacial score (nSPS) is 10.4. The van der Waals surface area contributed by atoms with Crippen molar-refractivity contribution >= 4 is 11.6 Å². The maximum absolute atomic E-state index is 13.7. The summed E-state index contributed by atoms with van der Waals surface area (Å²) in [5.41, 5.74) is 2.74. The van der Waals surface area contributed by atoms with Gasteiger partial charge in [-0.1, -0.05) is 66.7 Å². The van der Waals surface area contributed by atoms with Crippen LogP contribution in [-0.2, 0) is 17.8 Å². The summed E-state index contributed by atoms with van der Waals surface area (Å²) >= 11 is 0. The van der Waals surface area contributed by atoms with E-state index in [4.69, 9.17) is 0 Å². The van der Waals surface area contributed by atoms with Gasteiger partial charge in [0.1, 0.15) is 5.82 Å². The van der Waals surface area contributed by atoms with Gasteiger partial charge in [0.15, 0.2) is 0 Å². The number of nitrogens with zero attached hydrogens (tertiary/aromatic N) is 1. The fraction of sp³-hybridized carbons (Fsp3) is 0.174. The summed E-state index contributed by atoms with van der Waals surface area (Å²) in [5.74, 6) is -0.312. The third-order valence-electron chi connectivity index (χ3n) is 4.35. The van der Waals surface area contributed by atoms with Gasteiger partial charge >= 0.3 is 0 Å². The molecule has 0 heterocycles. The number of benzene rings is 3. The van der Waals surface area contributed by atoms with Gasteiger partial charge in [0.2, 0.25) is 5.91 Å². The number of hydrogen-bond acceptors (Lipinski definition) is 2. The van der Waals surface area contributed by atoms with E-state index in [1.807, 2.05) is 65.6 Å². The third kappa shape index (κ3) is 5.68. The predicted molar refractivity (Wildman–Crippen MR) is 107 cm³/mol. The van der Waals surface area contributed by atoms with Gasteiger partial charge in [-0.2, -0.15) is 0 Å². The summed E-state index contributed by atoms with van der Waals surface area (Å²) in [6.07, 6.45) is 0.475. The molecule has 0 radical (unpaired) electrons. The molecule has 1 N–H and O–H groups in total. The number of carbonyl (C=O) groups is 1. The van der Waals surface area contributed by atoms with Crippen LogP contribution in [0.25, 0.3) is 0 Å². The van der Waals surface area contributed by atoms with Gasteiger partial charge in [-0.25, -0.2) is 4.39 Å². The number of anilines is 1. The first-order chi connectivity index (χ1) is 13.2. The van der Waals surface area contributed by atoms with Crippen molar-refractivity contribution in [2.24, 2.45) is 0 Å². The molecule has 138 valence electrons. The minimum absolute atomic E-state index is 0.0777. The Balaban J connectivity index is 1.59. The molecule has 1 amide bonds. The van der Waals surface area contributed by atoms with Crippen LogP contribution in [0.1, 0.15) is 11.1 Å². The van der Waals surface area contributed by atoms with E-state index < -0.39 is 0 Å². The fourth-order valence-corrected chi connectivity index (χ4v) is 2.95. The summed E-state index contributed by atoms with van der Waals surface area (Å²) in [6.45, 7) is 1.30. The van der Waals surface area contributed by atoms with Crippen LogP contribution in [0.2, 0.25) is 0 Å². The van der Waals surface area contributed by atoms with Gasteiger partial charge in [0.05, 0.1) is 6.54 Å². The SMILES string of the molecule is O=C(CN(Cc1ccccc1)c1ccccc1)NCCc1ccccc1F. The molecule has 0 fully saturated rings. The smallest absolute Gasteiger partial charge is 0.239 e. The highest BCUT2D eigenvalue weighted by Crippen LogP contribution is 2.16. The molecule has 0 bridgehead atoms. The molecular formula is C23H23FN2O. The molecule has 0 saturated heterocycles. The van der Waals surface area contributed by atoms with Gasteiger partial charge in [-0.3, -0.25) is 4.79 Å². The number of hydrogen-bond donors (Lipinski definition) is 1. The van der Waals surface area contributed by atoms with E-state index in [2.05, 4.69) is 5.32 Å². The third-order valence-corrected chi connectivity index (χ3v) is 4.35.